The van der Waals surface area contributed by atoms with Crippen molar-refractivity contribution in [2.75, 3.05) is 18.4 Å². The van der Waals surface area contributed by atoms with Gasteiger partial charge < -0.3 is 11.1 Å². The van der Waals surface area contributed by atoms with E-state index >= 15 is 0 Å². The van der Waals surface area contributed by atoms with E-state index in [1.807, 2.05) is 49.1 Å². The third kappa shape index (κ3) is 4.44. The average Bonchev–Trinajstić information content (AvgIpc) is 3.67. The number of nitrogens with two attached hydrogens (primary N) is 1. The molecule has 0 radical (unpaired) electrons. The third-order valence-corrected chi connectivity index (χ3v) is 9.16. The molecule has 0 saturated carbocycles. The van der Waals surface area contributed by atoms with Crippen LogP contribution in [-0.4, -0.2) is 59.7 Å². The second-order valence-electron chi connectivity index (χ2n) is 11.0. The van der Waals surface area contributed by atoms with Gasteiger partial charge in [-0.1, -0.05) is 12.1 Å². The zero-order chi connectivity index (χ0) is 28.2. The Hall–Kier alpha value is -4.09. The van der Waals surface area contributed by atoms with E-state index in [0.29, 0.717) is 22.5 Å². The summed E-state index contributed by atoms with van der Waals surface area (Å²) in [5.41, 5.74) is 11.1. The van der Waals surface area contributed by atoms with Gasteiger partial charge in [0.05, 0.1) is 45.9 Å². The Bertz CT molecular complexity index is 1780. The van der Waals surface area contributed by atoms with E-state index in [1.54, 1.807) is 10.7 Å². The zero-order valence-corrected chi connectivity index (χ0v) is 23.9. The number of carbonyl (C=O) groups is 2. The number of aromatic nitrogens is 5. The molecule has 0 aliphatic carbocycles. The van der Waals surface area contributed by atoms with Crippen LogP contribution in [0.1, 0.15) is 49.2 Å². The van der Waals surface area contributed by atoms with E-state index in [9.17, 15) is 9.59 Å². The summed E-state index contributed by atoms with van der Waals surface area (Å²) in [6, 6.07) is 7.98. The molecule has 1 saturated heterocycles. The van der Waals surface area contributed by atoms with Crippen LogP contribution in [0.2, 0.25) is 0 Å². The molecule has 10 nitrogen and oxygen atoms in total. The summed E-state index contributed by atoms with van der Waals surface area (Å²) in [5, 5.41) is 13.0. The highest BCUT2D eigenvalue weighted by molar-refractivity contribution is 7.21. The number of anilines is 1. The molecule has 4 aromatic heterocycles. The fourth-order valence-corrected chi connectivity index (χ4v) is 6.94. The predicted octanol–water partition coefficient (Wildman–Crippen LogP) is 4.62. The first-order chi connectivity index (χ1) is 19.1. The van der Waals surface area contributed by atoms with Crippen molar-refractivity contribution in [2.24, 2.45) is 12.8 Å². The first-order valence-electron chi connectivity index (χ1n) is 13.4. The molecule has 0 spiro atoms. The number of benzene rings is 1. The molecule has 1 aliphatic heterocycles. The molecule has 5 aromatic rings. The molecule has 1 aromatic carbocycles. The second-order valence-corrected chi connectivity index (χ2v) is 12.0. The van der Waals surface area contributed by atoms with Crippen LogP contribution < -0.4 is 11.1 Å². The number of likely N-dealkylation sites (tertiary alicyclic amines) is 1. The fraction of sp³-hybridized carbons (Fsp3) is 0.345. The maximum atomic E-state index is 12.9. The average molecular weight is 557 g/mol. The maximum Gasteiger partial charge on any atom is 0.253 e. The summed E-state index contributed by atoms with van der Waals surface area (Å²) in [6.45, 7) is 8.13. The number of nitrogens with zero attached hydrogens (tertiary/aromatic N) is 6. The lowest BCUT2D eigenvalue weighted by Crippen LogP contribution is -2.39. The van der Waals surface area contributed by atoms with Crippen molar-refractivity contribution in [3.05, 3.63) is 54.1 Å². The summed E-state index contributed by atoms with van der Waals surface area (Å²) in [7, 11) is 1.91. The number of rotatable bonds is 7. The molecule has 0 atom stereocenters. The van der Waals surface area contributed by atoms with Gasteiger partial charge >= 0.3 is 0 Å². The molecule has 11 heteroatoms. The van der Waals surface area contributed by atoms with Crippen molar-refractivity contribution in [1.29, 1.82) is 0 Å². The number of primary amides is 1. The highest BCUT2D eigenvalue weighted by atomic mass is 32.1. The van der Waals surface area contributed by atoms with Crippen LogP contribution in [0.15, 0.2) is 42.9 Å². The van der Waals surface area contributed by atoms with Gasteiger partial charge in [0.2, 0.25) is 5.91 Å². The number of hydrogen-bond acceptors (Lipinski definition) is 7. The van der Waals surface area contributed by atoms with Crippen LogP contribution in [0.4, 0.5) is 5.69 Å². The van der Waals surface area contributed by atoms with E-state index in [-0.39, 0.29) is 11.4 Å². The van der Waals surface area contributed by atoms with E-state index in [4.69, 9.17) is 5.73 Å². The van der Waals surface area contributed by atoms with Crippen molar-refractivity contribution in [2.45, 2.75) is 45.6 Å². The molecule has 6 rings (SSSR count). The van der Waals surface area contributed by atoms with Crippen molar-refractivity contribution in [3.8, 4) is 21.7 Å². The smallest absolute Gasteiger partial charge is 0.253 e. The molecular weight excluding hydrogens is 524 g/mol. The normalized spacial score (nSPS) is 15.3. The number of fused-ring (bicyclic) bond motifs is 2. The van der Waals surface area contributed by atoms with Crippen molar-refractivity contribution >= 4 is 44.6 Å². The number of nitrogens with one attached hydrogen (secondary N) is 1. The first-order valence-corrected chi connectivity index (χ1v) is 14.2. The molecular formula is C29H32N8O2S. The van der Waals surface area contributed by atoms with Gasteiger partial charge in [0.15, 0.2) is 0 Å². The lowest BCUT2D eigenvalue weighted by Gasteiger charge is -2.31. The molecule has 2 amide bonds. The minimum absolute atomic E-state index is 0.0507. The number of thiazole rings is 1. The Morgan fingerprint density at radius 3 is 2.73 bits per heavy atom. The van der Waals surface area contributed by atoms with Crippen LogP contribution >= 0.6 is 11.3 Å². The number of amides is 2. The molecule has 1 aliphatic rings. The Labute approximate surface area is 235 Å². The lowest BCUT2D eigenvalue weighted by molar-refractivity contribution is -0.116. The Morgan fingerprint density at radius 1 is 1.15 bits per heavy atom. The van der Waals surface area contributed by atoms with Gasteiger partial charge in [0.1, 0.15) is 4.83 Å². The van der Waals surface area contributed by atoms with Gasteiger partial charge in [-0.15, -0.1) is 11.3 Å². The fourth-order valence-electron chi connectivity index (χ4n) is 5.68. The lowest BCUT2D eigenvalue weighted by atomic mass is 10.0. The van der Waals surface area contributed by atoms with Crippen LogP contribution in [0, 0.1) is 6.92 Å². The minimum atomic E-state index is -0.536. The SMILES string of the molecule is Cc1ncc(NC(=O)CCN2CCCC2(C)C)cc1-c1c(-c2cccc3c2cnn3C)sc2c(C(N)=O)cnn12. The number of aryl methyl sites for hydroxylation is 2. The van der Waals surface area contributed by atoms with Crippen LogP contribution in [-0.2, 0) is 11.8 Å². The van der Waals surface area contributed by atoms with Crippen molar-refractivity contribution < 1.29 is 9.59 Å². The Morgan fingerprint density at radius 2 is 1.98 bits per heavy atom. The van der Waals surface area contributed by atoms with Crippen LogP contribution in [0.3, 0.4) is 0 Å². The largest absolute Gasteiger partial charge is 0.365 e. The molecule has 206 valence electrons. The monoisotopic (exact) mass is 556 g/mol. The van der Waals surface area contributed by atoms with Crippen LogP contribution in [0.25, 0.3) is 37.4 Å². The maximum absolute atomic E-state index is 12.9. The van der Waals surface area contributed by atoms with Gasteiger partial charge in [0, 0.05) is 47.8 Å². The summed E-state index contributed by atoms with van der Waals surface area (Å²) < 4.78 is 3.58. The second kappa shape index (κ2) is 9.83. The zero-order valence-electron chi connectivity index (χ0n) is 23.1. The topological polar surface area (TPSA) is 123 Å². The van der Waals surface area contributed by atoms with Gasteiger partial charge in [-0.2, -0.15) is 10.2 Å². The minimum Gasteiger partial charge on any atom is -0.365 e. The number of pyridine rings is 1. The standard InChI is InChI=1S/C29H32N8O2S/c1-17-20(13-18(14-31-17)34-24(38)9-12-36-11-6-10-29(36,2)3)25-26(40-28-22(27(30)39)16-33-37(25)28)19-7-5-8-23-21(19)15-32-35(23)4/h5,7-8,13-16H,6,9-12H2,1-4H3,(H2,30,39)(H,34,38). The molecule has 5 heterocycles. The molecule has 1 fully saturated rings. The van der Waals surface area contributed by atoms with Crippen molar-refractivity contribution in [3.63, 3.8) is 0 Å². The van der Waals surface area contributed by atoms with E-state index in [1.165, 1.54) is 17.5 Å². The van der Waals surface area contributed by atoms with Crippen molar-refractivity contribution in [1.82, 2.24) is 29.3 Å². The molecule has 0 unspecified atom stereocenters. The summed E-state index contributed by atoms with van der Waals surface area (Å²) in [4.78, 5) is 33.7. The van der Waals surface area contributed by atoms with Crippen LogP contribution in [0.5, 0.6) is 0 Å². The Kier molecular flexibility index (Phi) is 6.42. The summed E-state index contributed by atoms with van der Waals surface area (Å²) >= 11 is 1.45. The Balaban J connectivity index is 1.41. The van der Waals surface area contributed by atoms with Gasteiger partial charge in [0.25, 0.3) is 5.91 Å². The van der Waals surface area contributed by atoms with Gasteiger partial charge in [-0.05, 0) is 52.3 Å². The summed E-state index contributed by atoms with van der Waals surface area (Å²) in [5.74, 6) is -0.587. The number of hydrogen-bond donors (Lipinski definition) is 2. The van der Waals surface area contributed by atoms with E-state index in [2.05, 4.69) is 39.2 Å². The molecule has 3 N–H and O–H groups in total. The highest BCUT2D eigenvalue weighted by Crippen LogP contribution is 2.44. The molecule has 0 bridgehead atoms. The third-order valence-electron chi connectivity index (χ3n) is 7.96. The summed E-state index contributed by atoms with van der Waals surface area (Å²) in [6.07, 6.45) is 7.74. The predicted molar refractivity (Wildman–Crippen MR) is 157 cm³/mol. The molecule has 40 heavy (non-hydrogen) atoms. The van der Waals surface area contributed by atoms with Gasteiger partial charge in [-0.25, -0.2) is 4.52 Å². The van der Waals surface area contributed by atoms with E-state index in [0.717, 1.165) is 64.2 Å². The highest BCUT2D eigenvalue weighted by Gasteiger charge is 2.31. The first kappa shape index (κ1) is 26.1. The van der Waals surface area contributed by atoms with E-state index < -0.39 is 5.91 Å². The number of carbonyl (C=O) groups excluding carboxylic acids is 2. The van der Waals surface area contributed by atoms with Gasteiger partial charge in [-0.3, -0.25) is 24.2 Å². The quantitative estimate of drug-likeness (QED) is 0.302.